The van der Waals surface area contributed by atoms with Gasteiger partial charge >= 0.3 is 0 Å². The fourth-order valence-electron chi connectivity index (χ4n) is 2.46. The Balaban J connectivity index is 2.17. The van der Waals surface area contributed by atoms with E-state index in [1.54, 1.807) is 0 Å². The fraction of sp³-hybridized carbons (Fsp3) is 0.833. The second kappa shape index (κ2) is 4.95. The van der Waals surface area contributed by atoms with Gasteiger partial charge in [0.15, 0.2) is 0 Å². The van der Waals surface area contributed by atoms with Gasteiger partial charge in [-0.1, -0.05) is 33.1 Å². The summed E-state index contributed by atoms with van der Waals surface area (Å²) < 4.78 is 2.21. The second-order valence-electron chi connectivity index (χ2n) is 4.95. The summed E-state index contributed by atoms with van der Waals surface area (Å²) in [4.78, 5) is 0. The van der Waals surface area contributed by atoms with E-state index in [0.29, 0.717) is 12.0 Å². The number of nitrogens with zero attached hydrogens (tertiary/aromatic N) is 3. The lowest BCUT2D eigenvalue weighted by atomic mass is 9.99. The molecule has 0 spiro atoms. The summed E-state index contributed by atoms with van der Waals surface area (Å²) in [5.74, 6) is 1.44. The summed E-state index contributed by atoms with van der Waals surface area (Å²) >= 11 is 0. The minimum Gasteiger partial charge on any atom is -0.321 e. The van der Waals surface area contributed by atoms with Gasteiger partial charge in [0.05, 0.1) is 6.04 Å². The lowest BCUT2D eigenvalue weighted by Gasteiger charge is -2.21. The summed E-state index contributed by atoms with van der Waals surface area (Å²) in [5, 5.41) is 8.26. The van der Waals surface area contributed by atoms with Gasteiger partial charge < -0.3 is 10.3 Å². The second-order valence-corrected chi connectivity index (χ2v) is 4.95. The van der Waals surface area contributed by atoms with Gasteiger partial charge in [0, 0.05) is 6.04 Å². The monoisotopic (exact) mass is 222 g/mol. The quantitative estimate of drug-likeness (QED) is 0.851. The maximum absolute atomic E-state index is 6.24. The van der Waals surface area contributed by atoms with Crippen molar-refractivity contribution in [2.24, 2.45) is 11.7 Å². The Labute approximate surface area is 97.2 Å². The molecule has 0 radical (unpaired) electrons. The first kappa shape index (κ1) is 11.6. The first-order valence-corrected chi connectivity index (χ1v) is 6.39. The molecule has 2 N–H and O–H groups in total. The van der Waals surface area contributed by atoms with Crippen molar-refractivity contribution in [3.05, 3.63) is 12.2 Å². The standard InChI is InChI=1S/C12H22N4/c1-3-9(2)11(13)12-15-14-8-16(12)10-6-4-5-7-10/h8-11H,3-7,13H2,1-2H3/t9?,11-/m0/s1. The van der Waals surface area contributed by atoms with Crippen LogP contribution in [0.2, 0.25) is 0 Å². The molecule has 1 aliphatic carbocycles. The van der Waals surface area contributed by atoms with Gasteiger partial charge in [0.1, 0.15) is 12.2 Å². The lowest BCUT2D eigenvalue weighted by molar-refractivity contribution is 0.399. The van der Waals surface area contributed by atoms with Crippen molar-refractivity contribution in [3.8, 4) is 0 Å². The molecule has 1 aromatic heterocycles. The van der Waals surface area contributed by atoms with Crippen LogP contribution in [-0.4, -0.2) is 14.8 Å². The summed E-state index contributed by atoms with van der Waals surface area (Å²) in [6.45, 7) is 4.35. The van der Waals surface area contributed by atoms with E-state index < -0.39 is 0 Å². The highest BCUT2D eigenvalue weighted by atomic mass is 15.3. The van der Waals surface area contributed by atoms with Crippen molar-refractivity contribution in [1.82, 2.24) is 14.8 Å². The van der Waals surface area contributed by atoms with Crippen LogP contribution in [0, 0.1) is 5.92 Å². The molecule has 4 nitrogen and oxygen atoms in total. The van der Waals surface area contributed by atoms with Crippen LogP contribution in [0.5, 0.6) is 0 Å². The average molecular weight is 222 g/mol. The molecule has 0 bridgehead atoms. The number of aromatic nitrogens is 3. The summed E-state index contributed by atoms with van der Waals surface area (Å²) in [6, 6.07) is 0.605. The van der Waals surface area contributed by atoms with Gasteiger partial charge in [0.2, 0.25) is 0 Å². The highest BCUT2D eigenvalue weighted by Crippen LogP contribution is 2.32. The van der Waals surface area contributed by atoms with Crippen LogP contribution >= 0.6 is 0 Å². The third-order valence-corrected chi connectivity index (χ3v) is 3.87. The zero-order chi connectivity index (χ0) is 11.5. The molecular weight excluding hydrogens is 200 g/mol. The molecule has 90 valence electrons. The number of rotatable bonds is 4. The molecule has 2 rings (SSSR count). The van der Waals surface area contributed by atoms with Gasteiger partial charge in [-0.3, -0.25) is 0 Å². The molecule has 0 aromatic carbocycles. The Kier molecular flexibility index (Phi) is 3.59. The van der Waals surface area contributed by atoms with Crippen LogP contribution in [0.15, 0.2) is 6.33 Å². The molecule has 0 amide bonds. The van der Waals surface area contributed by atoms with Crippen LogP contribution < -0.4 is 5.73 Å². The van der Waals surface area contributed by atoms with Crippen LogP contribution in [0.1, 0.15) is 63.9 Å². The van der Waals surface area contributed by atoms with Gasteiger partial charge in [-0.05, 0) is 18.8 Å². The van der Waals surface area contributed by atoms with E-state index in [9.17, 15) is 0 Å². The Morgan fingerprint density at radius 3 is 2.81 bits per heavy atom. The van der Waals surface area contributed by atoms with E-state index in [1.807, 2.05) is 6.33 Å². The smallest absolute Gasteiger partial charge is 0.150 e. The van der Waals surface area contributed by atoms with Crippen molar-refractivity contribution < 1.29 is 0 Å². The highest BCUT2D eigenvalue weighted by molar-refractivity contribution is 4.98. The third-order valence-electron chi connectivity index (χ3n) is 3.87. The Morgan fingerprint density at radius 1 is 1.50 bits per heavy atom. The normalized spacial score (nSPS) is 21.2. The van der Waals surface area contributed by atoms with Crippen LogP contribution in [-0.2, 0) is 0 Å². The molecule has 1 aliphatic rings. The minimum absolute atomic E-state index is 0.0214. The van der Waals surface area contributed by atoms with E-state index in [-0.39, 0.29) is 6.04 Å². The average Bonchev–Trinajstić information content (AvgIpc) is 2.95. The molecule has 16 heavy (non-hydrogen) atoms. The van der Waals surface area contributed by atoms with Crippen molar-refractivity contribution in [3.63, 3.8) is 0 Å². The van der Waals surface area contributed by atoms with Crippen molar-refractivity contribution >= 4 is 0 Å². The molecule has 1 saturated carbocycles. The highest BCUT2D eigenvalue weighted by Gasteiger charge is 2.24. The number of hydrogen-bond donors (Lipinski definition) is 1. The van der Waals surface area contributed by atoms with Crippen molar-refractivity contribution in [2.75, 3.05) is 0 Å². The first-order valence-electron chi connectivity index (χ1n) is 6.39. The zero-order valence-electron chi connectivity index (χ0n) is 10.3. The molecule has 0 aliphatic heterocycles. The van der Waals surface area contributed by atoms with E-state index in [4.69, 9.17) is 5.73 Å². The number of hydrogen-bond acceptors (Lipinski definition) is 3. The topological polar surface area (TPSA) is 56.7 Å². The largest absolute Gasteiger partial charge is 0.321 e. The van der Waals surface area contributed by atoms with Gasteiger partial charge in [-0.25, -0.2) is 0 Å². The molecular formula is C12H22N4. The van der Waals surface area contributed by atoms with Gasteiger partial charge in [-0.15, -0.1) is 10.2 Å². The Bertz CT molecular complexity index is 328. The summed E-state index contributed by atoms with van der Waals surface area (Å²) in [5.41, 5.74) is 6.24. The molecule has 4 heteroatoms. The summed E-state index contributed by atoms with van der Waals surface area (Å²) in [7, 11) is 0. The van der Waals surface area contributed by atoms with Gasteiger partial charge in [0.25, 0.3) is 0 Å². The van der Waals surface area contributed by atoms with Crippen LogP contribution in [0.4, 0.5) is 0 Å². The fourth-order valence-corrected chi connectivity index (χ4v) is 2.46. The van der Waals surface area contributed by atoms with E-state index >= 15 is 0 Å². The van der Waals surface area contributed by atoms with Crippen LogP contribution in [0.25, 0.3) is 0 Å². The summed E-state index contributed by atoms with van der Waals surface area (Å²) in [6.07, 6.45) is 8.07. The predicted molar refractivity (Wildman–Crippen MR) is 63.9 cm³/mol. The Hall–Kier alpha value is -0.900. The maximum Gasteiger partial charge on any atom is 0.150 e. The SMILES string of the molecule is CCC(C)[C@H](N)c1nncn1C1CCCC1. The molecule has 1 heterocycles. The van der Waals surface area contributed by atoms with E-state index in [1.165, 1.54) is 25.7 Å². The van der Waals surface area contributed by atoms with Crippen LogP contribution in [0.3, 0.4) is 0 Å². The van der Waals surface area contributed by atoms with Crippen molar-refractivity contribution in [2.45, 2.75) is 58.0 Å². The molecule has 1 unspecified atom stereocenters. The Morgan fingerprint density at radius 2 is 2.19 bits per heavy atom. The molecule has 0 saturated heterocycles. The van der Waals surface area contributed by atoms with Crippen molar-refractivity contribution in [1.29, 1.82) is 0 Å². The van der Waals surface area contributed by atoms with E-state index in [2.05, 4.69) is 28.6 Å². The first-order chi connectivity index (χ1) is 7.74. The van der Waals surface area contributed by atoms with Gasteiger partial charge in [-0.2, -0.15) is 0 Å². The minimum atomic E-state index is 0.0214. The van der Waals surface area contributed by atoms with E-state index in [0.717, 1.165) is 12.2 Å². The maximum atomic E-state index is 6.24. The molecule has 2 atom stereocenters. The number of nitrogens with two attached hydrogens (primary N) is 1. The third kappa shape index (κ3) is 2.12. The molecule has 1 aromatic rings. The zero-order valence-corrected chi connectivity index (χ0v) is 10.3. The molecule has 1 fully saturated rings. The predicted octanol–water partition coefficient (Wildman–Crippen LogP) is 2.44. The lowest BCUT2D eigenvalue weighted by Crippen LogP contribution is -2.24.